The number of likely N-dealkylation sites (tertiary alicyclic amines) is 2. The molecule has 0 bridgehead atoms. The number of hydrogen-bond donors (Lipinski definition) is 33. The molecule has 0 aromatic heterocycles. The van der Waals surface area contributed by atoms with E-state index in [1.807, 2.05) is 10.6 Å². The molecule has 0 radical (unpaired) electrons. The van der Waals surface area contributed by atoms with Crippen molar-refractivity contribution in [1.29, 1.82) is 5.41 Å². The Bertz CT molecular complexity index is 5180. The highest BCUT2D eigenvalue weighted by molar-refractivity contribution is 7.80. The zero-order chi connectivity index (χ0) is 111. The maximum absolute atomic E-state index is 14.9. The fraction of sp³-hybridized carbons (Fsp3) is 0.549. The van der Waals surface area contributed by atoms with E-state index in [0.29, 0.717) is 24.0 Å². The van der Waals surface area contributed by atoms with Crippen molar-refractivity contribution in [2.75, 3.05) is 45.1 Å². The molecule has 3 aromatic rings. The van der Waals surface area contributed by atoms with E-state index in [4.69, 9.17) is 16.9 Å². The van der Waals surface area contributed by atoms with Crippen LogP contribution in [0.1, 0.15) is 130 Å². The Morgan fingerprint density at radius 2 is 0.750 bits per heavy atom. The van der Waals surface area contributed by atoms with E-state index in [2.05, 4.69) is 97.7 Å². The van der Waals surface area contributed by atoms with Crippen LogP contribution in [0.5, 0.6) is 11.5 Å². The van der Waals surface area contributed by atoms with Crippen LogP contribution in [0.4, 0.5) is 0 Å². The van der Waals surface area contributed by atoms with Gasteiger partial charge in [0.1, 0.15) is 114 Å². The van der Waals surface area contributed by atoms with Crippen LogP contribution in [-0.4, -0.2) is 386 Å². The van der Waals surface area contributed by atoms with E-state index in [1.165, 1.54) is 62.4 Å². The maximum Gasteiger partial charge on any atom is 0.328 e. The van der Waals surface area contributed by atoms with E-state index in [9.17, 15) is 162 Å². The number of guanidine groups is 1. The second kappa shape index (κ2) is 60.1. The summed E-state index contributed by atoms with van der Waals surface area (Å²) in [5, 5.41) is 161. The van der Waals surface area contributed by atoms with Crippen LogP contribution >= 0.6 is 12.6 Å². The second-order valence-corrected chi connectivity index (χ2v) is 35.8. The Labute approximate surface area is 852 Å². The fourth-order valence-electron chi connectivity index (χ4n) is 15.1. The zero-order valence-electron chi connectivity index (χ0n) is 82.1. The van der Waals surface area contributed by atoms with Crippen molar-refractivity contribution in [2.24, 2.45) is 11.5 Å². The molecule has 19 amide bonds. The topological polar surface area (TPSA) is 897 Å². The molecule has 2 fully saturated rings. The van der Waals surface area contributed by atoms with Crippen LogP contribution in [-0.2, 0) is 125 Å². The number of phenols is 2. The average Bonchev–Trinajstić information content (AvgIpc) is 1.67. The number of carbonyl (C=O) groups is 22. The molecule has 34 N–H and O–H groups in total. The summed E-state index contributed by atoms with van der Waals surface area (Å²) < 4.78 is 0. The molecule has 2 saturated heterocycles. The van der Waals surface area contributed by atoms with E-state index in [0.717, 1.165) is 51.3 Å². The van der Waals surface area contributed by atoms with Gasteiger partial charge in [0.05, 0.1) is 56.6 Å². The third kappa shape index (κ3) is 40.1. The monoisotopic (exact) mass is 2110 g/mol. The van der Waals surface area contributed by atoms with Crippen molar-refractivity contribution >= 4 is 149 Å². The number of nitrogens with two attached hydrogens (primary N) is 2. The molecule has 2 aliphatic rings. The Hall–Kier alpha value is -15.1. The molecule has 0 spiro atoms. The molecule has 0 saturated carbocycles. The maximum atomic E-state index is 14.9. The minimum absolute atomic E-state index is 0.0119. The van der Waals surface area contributed by atoms with Crippen molar-refractivity contribution in [3.63, 3.8) is 0 Å². The lowest BCUT2D eigenvalue weighted by Gasteiger charge is -2.30. The van der Waals surface area contributed by atoms with Gasteiger partial charge < -0.3 is 173 Å². The van der Waals surface area contributed by atoms with Crippen LogP contribution in [0.25, 0.3) is 0 Å². The number of aliphatic hydroxyl groups is 6. The second-order valence-electron chi connectivity index (χ2n) is 35.4. The van der Waals surface area contributed by atoms with Gasteiger partial charge >= 0.3 is 17.9 Å². The molecular weight excluding hydrogens is 1980 g/mol. The van der Waals surface area contributed by atoms with Gasteiger partial charge in [-0.15, -0.1) is 0 Å². The van der Waals surface area contributed by atoms with E-state index in [1.54, 1.807) is 30.3 Å². The normalized spacial score (nSPS) is 17.4. The highest BCUT2D eigenvalue weighted by atomic mass is 32.1. The lowest BCUT2D eigenvalue weighted by Crippen LogP contribution is -2.63. The van der Waals surface area contributed by atoms with Crippen molar-refractivity contribution in [1.82, 2.24) is 106 Å². The summed E-state index contributed by atoms with van der Waals surface area (Å²) in [5.74, 6) is -27.5. The summed E-state index contributed by atoms with van der Waals surface area (Å²) in [7, 11) is 0. The predicted molar refractivity (Wildman–Crippen MR) is 518 cm³/mol. The van der Waals surface area contributed by atoms with Gasteiger partial charge in [-0.3, -0.25) is 106 Å². The van der Waals surface area contributed by atoms with Crippen molar-refractivity contribution < 1.29 is 162 Å². The lowest BCUT2D eigenvalue weighted by molar-refractivity contribution is -0.145. The molecular formula is C91H133N23O33S. The summed E-state index contributed by atoms with van der Waals surface area (Å²) in [6.45, 7) is 6.31. The van der Waals surface area contributed by atoms with Crippen LogP contribution in [0, 0.1) is 5.41 Å². The standard InChI is InChI=1S/C91H133N23O33S/c1-41(73(129)102-55(17-12-30-95-91(93)94)75(131)96-37-64(123)98-43(3)88(144)113-31-13-18-62(113)82(138)97-38-65(124)101-57(34-50-20-24-52(121)25-21-50)79(135)112-72(48(8)120)90(146)147)99-81(137)61(40-148)107-78(134)58(33-49-15-10-9-11-16-49)104-77(133)59(35-51-22-26-53(122)27-23-51)106-86(142)69(45(5)117)108-74(130)42(2)100-84(140)68(44(4)116)109-80(136)60(36-67(127)128)105-76(132)56(28-29-66(125)126)103-85(141)70(46(6)118)111-87(143)71(47(7)119)110-83(139)63-19-14-32-114(63)89(145)54(92)39-115/h9-11,15-16,20-27,41-48,54-63,68-72,115-122,148H,12-14,17-19,28-40,92H2,1-8H3,(H,96,131)(H,97,138)(H,98,123)(H,99,137)(H,100,140)(H,101,124)(H,102,129)(H,103,141)(H,104,133)(H,105,132)(H,106,142)(H,107,134)(H,108,130)(H,109,136)(H,110,139)(H,111,143)(H,112,135)(H,125,126)(H,127,128)(H,146,147)(H4,93,94,95)/t41-,42-,43-,44+,45+,46+,47+,48+,54-,55-,56-,57-,58-,59-,60-,61-,62-,63-,68-,69-,70-,71-,72-/m0/s1. The van der Waals surface area contributed by atoms with Crippen molar-refractivity contribution in [3.8, 4) is 11.5 Å². The number of amides is 19. The minimum Gasteiger partial charge on any atom is -0.508 e. The van der Waals surface area contributed by atoms with Gasteiger partial charge in [0.15, 0.2) is 12.0 Å². The van der Waals surface area contributed by atoms with E-state index >= 15 is 0 Å². The third-order valence-corrected chi connectivity index (χ3v) is 23.6. The van der Waals surface area contributed by atoms with Gasteiger partial charge in [0, 0.05) is 51.1 Å². The summed E-state index contributed by atoms with van der Waals surface area (Å²) in [6, 6.07) is -12.4. The van der Waals surface area contributed by atoms with E-state index in [-0.39, 0.29) is 75.2 Å². The summed E-state index contributed by atoms with van der Waals surface area (Å²) >= 11 is 4.28. The van der Waals surface area contributed by atoms with Gasteiger partial charge in [0.25, 0.3) is 0 Å². The smallest absolute Gasteiger partial charge is 0.328 e. The molecule has 816 valence electrons. The zero-order valence-corrected chi connectivity index (χ0v) is 83.0. The van der Waals surface area contributed by atoms with Gasteiger partial charge in [-0.25, -0.2) is 4.79 Å². The average molecular weight is 2110 g/mol. The summed E-state index contributed by atoms with van der Waals surface area (Å²) in [6.07, 6.45) is -12.6. The summed E-state index contributed by atoms with van der Waals surface area (Å²) in [5.41, 5.74) is 12.2. The quantitative estimate of drug-likeness (QED) is 0.0108. The number of carboxylic acid groups (broad SMARTS) is 3. The number of hydrogen-bond acceptors (Lipinski definition) is 33. The number of benzene rings is 3. The first-order valence-corrected chi connectivity index (χ1v) is 47.6. The van der Waals surface area contributed by atoms with Crippen LogP contribution < -0.4 is 107 Å². The third-order valence-electron chi connectivity index (χ3n) is 23.3. The first-order chi connectivity index (χ1) is 69.6. The molecule has 5 rings (SSSR count). The number of aliphatic carboxylic acids is 3. The molecule has 57 heteroatoms. The first-order valence-electron chi connectivity index (χ1n) is 47.0. The highest BCUT2D eigenvalue weighted by Crippen LogP contribution is 2.23. The number of nitrogens with zero attached hydrogens (tertiary/aromatic N) is 2. The number of aliphatic hydroxyl groups excluding tert-OH is 6. The van der Waals surface area contributed by atoms with Crippen LogP contribution in [0.3, 0.4) is 0 Å². The number of thiol groups is 1. The Morgan fingerprint density at radius 3 is 1.23 bits per heavy atom. The lowest BCUT2D eigenvalue weighted by atomic mass is 10.0. The molecule has 148 heavy (non-hydrogen) atoms. The Balaban J connectivity index is 1.25. The Morgan fingerprint density at radius 1 is 0.385 bits per heavy atom. The molecule has 0 aliphatic carbocycles. The van der Waals surface area contributed by atoms with Crippen LogP contribution in [0.2, 0.25) is 0 Å². The highest BCUT2D eigenvalue weighted by Gasteiger charge is 2.44. The largest absolute Gasteiger partial charge is 0.508 e. The number of rotatable bonds is 59. The van der Waals surface area contributed by atoms with Gasteiger partial charge in [0.2, 0.25) is 112 Å². The molecule has 2 heterocycles. The molecule has 23 atom stereocenters. The van der Waals surface area contributed by atoms with Gasteiger partial charge in [-0.05, 0) is 141 Å². The number of carbonyl (C=O) groups excluding carboxylic acids is 19. The van der Waals surface area contributed by atoms with Gasteiger partial charge in [-0.1, -0.05) is 54.6 Å². The fourth-order valence-corrected chi connectivity index (χ4v) is 15.4. The SMILES string of the molecule is C[C@H](NC(=O)[C@H](CS)NC(=O)[C@H](Cc1ccccc1)NC(=O)[C@H](Cc1ccc(O)cc1)NC(=O)[C@@H](NC(=O)[C@H](C)NC(=O)[C@@H](NC(=O)[C@H](CC(=O)O)NC(=O)[C@H](CCC(=O)O)NC(=O)[C@@H](NC(=O)[C@@H](NC(=O)[C@@H]1CCCN1C(=O)[C@@H](N)CO)[C@@H](C)O)[C@@H](C)O)[C@@H](C)O)[C@@H](C)O)C(=O)N[C@@H](CCCNC(=N)N)C(=O)NCC(=O)N[C@@H](C)C(=O)N1CCC[C@H]1C(=O)NCC(=O)N[C@@H](Cc1ccc(O)cc1)C(=O)N[C@H](C(=O)O)[C@@H](C)O. The number of carboxylic acids is 3. The minimum atomic E-state index is -2.27. The number of nitrogens with one attached hydrogen (secondary N) is 19. The predicted octanol–water partition coefficient (Wildman–Crippen LogP) is -12.5. The van der Waals surface area contributed by atoms with Crippen molar-refractivity contribution in [3.05, 3.63) is 95.6 Å². The molecule has 0 unspecified atom stereocenters. The molecule has 56 nitrogen and oxygen atoms in total. The number of aromatic hydroxyl groups is 2. The first kappa shape index (κ1) is 123. The number of phenolic OH excluding ortho intramolecular Hbond substituents is 2. The van der Waals surface area contributed by atoms with E-state index < -0.39 is 327 Å². The molecule has 3 aromatic carbocycles. The summed E-state index contributed by atoms with van der Waals surface area (Å²) in [4.78, 5) is 302. The molecule has 2 aliphatic heterocycles. The van der Waals surface area contributed by atoms with Gasteiger partial charge in [-0.2, -0.15) is 12.6 Å². The Kier molecular flexibility index (Phi) is 50.2. The van der Waals surface area contributed by atoms with Crippen LogP contribution in [0.15, 0.2) is 78.9 Å². The van der Waals surface area contributed by atoms with Crippen molar-refractivity contribution in [2.45, 2.75) is 272 Å².